The SMILES string of the molecule is Cc1cnoc1C(=O)Nc1cc(-c2nnc(Nc3ccc4c(c3Cl)C=NC4)s2)ccn1. The number of amides is 1. The van der Waals surface area contributed by atoms with E-state index < -0.39 is 5.91 Å². The zero-order valence-electron chi connectivity index (χ0n) is 16.1. The lowest BCUT2D eigenvalue weighted by Crippen LogP contribution is -2.13. The largest absolute Gasteiger partial charge is 0.351 e. The molecule has 11 heteroatoms. The summed E-state index contributed by atoms with van der Waals surface area (Å²) >= 11 is 7.85. The number of halogens is 1. The lowest BCUT2D eigenvalue weighted by molar-refractivity contribution is 0.0986. The second-order valence-corrected chi connectivity index (χ2v) is 8.08. The Kier molecular flexibility index (Phi) is 4.92. The van der Waals surface area contributed by atoms with E-state index in [1.54, 1.807) is 31.5 Å². The molecule has 0 radical (unpaired) electrons. The van der Waals surface area contributed by atoms with E-state index >= 15 is 0 Å². The van der Waals surface area contributed by atoms with Crippen molar-refractivity contribution in [1.29, 1.82) is 0 Å². The van der Waals surface area contributed by atoms with Crippen LogP contribution in [-0.4, -0.2) is 32.5 Å². The summed E-state index contributed by atoms with van der Waals surface area (Å²) in [6, 6.07) is 7.40. The number of fused-ring (bicyclic) bond motifs is 1. The number of aliphatic imine (C=N–C) groups is 1. The van der Waals surface area contributed by atoms with Gasteiger partial charge in [0.2, 0.25) is 10.9 Å². The maximum absolute atomic E-state index is 12.3. The molecule has 1 aliphatic rings. The maximum Gasteiger partial charge on any atom is 0.295 e. The maximum atomic E-state index is 12.3. The molecule has 4 aromatic rings. The Morgan fingerprint density at radius 1 is 1.26 bits per heavy atom. The van der Waals surface area contributed by atoms with Gasteiger partial charge in [-0.1, -0.05) is 34.2 Å². The number of pyridine rings is 1. The fourth-order valence-corrected chi connectivity index (χ4v) is 4.09. The predicted molar refractivity (Wildman–Crippen MR) is 118 cm³/mol. The molecule has 0 fully saturated rings. The van der Waals surface area contributed by atoms with Crippen molar-refractivity contribution in [2.24, 2.45) is 4.99 Å². The first-order valence-corrected chi connectivity index (χ1v) is 10.4. The number of hydrogen-bond acceptors (Lipinski definition) is 9. The van der Waals surface area contributed by atoms with Crippen LogP contribution in [0.3, 0.4) is 0 Å². The third-order valence-electron chi connectivity index (χ3n) is 4.62. The van der Waals surface area contributed by atoms with Crippen LogP contribution in [0.5, 0.6) is 0 Å². The first-order chi connectivity index (χ1) is 15.1. The van der Waals surface area contributed by atoms with Gasteiger partial charge < -0.3 is 15.2 Å². The standard InChI is InChI=1S/C20H14ClN7O2S/c1-10-7-24-30-17(10)18(29)26-15-6-11(4-5-23-15)19-27-28-20(31-19)25-14-3-2-12-8-22-9-13(12)16(14)21/h2-7,9H,8H2,1H3,(H,25,28)(H,23,26,29). The van der Waals surface area contributed by atoms with E-state index in [2.05, 4.69) is 36.0 Å². The molecule has 1 aromatic carbocycles. The highest BCUT2D eigenvalue weighted by Gasteiger charge is 2.17. The summed E-state index contributed by atoms with van der Waals surface area (Å²) in [6.07, 6.45) is 4.85. The van der Waals surface area contributed by atoms with Gasteiger partial charge in [-0.3, -0.25) is 9.79 Å². The normalized spacial score (nSPS) is 12.1. The van der Waals surface area contributed by atoms with Crippen molar-refractivity contribution >= 4 is 51.7 Å². The lowest BCUT2D eigenvalue weighted by atomic mass is 10.1. The first-order valence-electron chi connectivity index (χ1n) is 9.19. The van der Waals surface area contributed by atoms with E-state index in [0.717, 1.165) is 22.4 Å². The highest BCUT2D eigenvalue weighted by Crippen LogP contribution is 2.35. The van der Waals surface area contributed by atoms with Crippen molar-refractivity contribution in [1.82, 2.24) is 20.3 Å². The Morgan fingerprint density at radius 3 is 3.00 bits per heavy atom. The van der Waals surface area contributed by atoms with Gasteiger partial charge >= 0.3 is 0 Å². The molecule has 154 valence electrons. The average molecular weight is 452 g/mol. The van der Waals surface area contributed by atoms with E-state index in [-0.39, 0.29) is 5.76 Å². The Balaban J connectivity index is 1.34. The van der Waals surface area contributed by atoms with Gasteiger partial charge in [0.25, 0.3) is 5.91 Å². The van der Waals surface area contributed by atoms with Crippen molar-refractivity contribution in [2.45, 2.75) is 13.5 Å². The van der Waals surface area contributed by atoms with E-state index in [9.17, 15) is 4.79 Å². The van der Waals surface area contributed by atoms with Crippen molar-refractivity contribution < 1.29 is 9.32 Å². The molecule has 4 heterocycles. The predicted octanol–water partition coefficient (Wildman–Crippen LogP) is 4.48. The molecule has 0 bridgehead atoms. The van der Waals surface area contributed by atoms with E-state index in [4.69, 9.17) is 16.1 Å². The number of carbonyl (C=O) groups is 1. The summed E-state index contributed by atoms with van der Waals surface area (Å²) in [6.45, 7) is 2.39. The van der Waals surface area contributed by atoms with Gasteiger partial charge in [-0.25, -0.2) is 4.98 Å². The van der Waals surface area contributed by atoms with Crippen molar-refractivity contribution in [3.8, 4) is 10.6 Å². The van der Waals surface area contributed by atoms with Crippen LogP contribution in [-0.2, 0) is 6.54 Å². The van der Waals surface area contributed by atoms with Gasteiger partial charge in [0.05, 0.1) is 23.5 Å². The molecule has 0 spiro atoms. The van der Waals surface area contributed by atoms with Gasteiger partial charge in [0.15, 0.2) is 0 Å². The molecule has 0 unspecified atom stereocenters. The molecular formula is C20H14ClN7O2S. The summed E-state index contributed by atoms with van der Waals surface area (Å²) in [5.41, 5.74) is 4.16. The van der Waals surface area contributed by atoms with E-state index in [1.807, 2.05) is 12.1 Å². The highest BCUT2D eigenvalue weighted by atomic mass is 35.5. The number of benzene rings is 1. The second kappa shape index (κ2) is 7.89. The number of aryl methyl sites for hydroxylation is 1. The molecule has 5 rings (SSSR count). The van der Waals surface area contributed by atoms with Crippen LogP contribution >= 0.6 is 22.9 Å². The number of nitrogens with one attached hydrogen (secondary N) is 2. The summed E-state index contributed by atoms with van der Waals surface area (Å²) in [4.78, 5) is 20.7. The minimum absolute atomic E-state index is 0.144. The van der Waals surface area contributed by atoms with Crippen molar-refractivity contribution in [3.63, 3.8) is 0 Å². The quantitative estimate of drug-likeness (QED) is 0.459. The minimum atomic E-state index is -0.422. The fourth-order valence-electron chi connectivity index (χ4n) is 3.06. The Bertz CT molecular complexity index is 1330. The number of anilines is 3. The van der Waals surface area contributed by atoms with Crippen LogP contribution < -0.4 is 10.6 Å². The van der Waals surface area contributed by atoms with Gasteiger partial charge in [0.1, 0.15) is 10.8 Å². The fraction of sp³-hybridized carbons (Fsp3) is 0.100. The Hall–Kier alpha value is -3.63. The van der Waals surface area contributed by atoms with Gasteiger partial charge in [-0.2, -0.15) is 0 Å². The smallest absolute Gasteiger partial charge is 0.295 e. The number of rotatable bonds is 5. The number of hydrogen-bond donors (Lipinski definition) is 2. The van der Waals surface area contributed by atoms with Crippen LogP contribution in [0, 0.1) is 6.92 Å². The van der Waals surface area contributed by atoms with Crippen LogP contribution in [0.1, 0.15) is 27.2 Å². The number of carbonyl (C=O) groups excluding carboxylic acids is 1. The zero-order valence-corrected chi connectivity index (χ0v) is 17.7. The molecule has 2 N–H and O–H groups in total. The summed E-state index contributed by atoms with van der Waals surface area (Å²) in [7, 11) is 0. The number of nitrogens with zero attached hydrogens (tertiary/aromatic N) is 5. The molecule has 0 aliphatic carbocycles. The van der Waals surface area contributed by atoms with Crippen LogP contribution in [0.4, 0.5) is 16.6 Å². The lowest BCUT2D eigenvalue weighted by Gasteiger charge is -2.08. The van der Waals surface area contributed by atoms with Crippen molar-refractivity contribution in [3.05, 3.63) is 64.1 Å². The third-order valence-corrected chi connectivity index (χ3v) is 5.92. The van der Waals surface area contributed by atoms with Gasteiger partial charge in [-0.15, -0.1) is 10.2 Å². The van der Waals surface area contributed by atoms with Crippen LogP contribution in [0.2, 0.25) is 5.02 Å². The molecular weight excluding hydrogens is 438 g/mol. The zero-order chi connectivity index (χ0) is 21.4. The Labute approximate surface area is 185 Å². The van der Waals surface area contributed by atoms with Crippen LogP contribution in [0.25, 0.3) is 10.6 Å². The first kappa shape index (κ1) is 19.3. The molecule has 1 aliphatic heterocycles. The third kappa shape index (κ3) is 3.78. The van der Waals surface area contributed by atoms with Gasteiger partial charge in [0, 0.05) is 29.1 Å². The average Bonchev–Trinajstić information content (AvgIpc) is 3.51. The topological polar surface area (TPSA) is 118 Å². The van der Waals surface area contributed by atoms with E-state index in [1.165, 1.54) is 17.5 Å². The molecule has 0 saturated carbocycles. The van der Waals surface area contributed by atoms with Crippen LogP contribution in [0.15, 0.2) is 46.2 Å². The Morgan fingerprint density at radius 2 is 2.16 bits per heavy atom. The highest BCUT2D eigenvalue weighted by molar-refractivity contribution is 7.18. The summed E-state index contributed by atoms with van der Waals surface area (Å²) < 4.78 is 4.97. The second-order valence-electron chi connectivity index (χ2n) is 6.73. The molecule has 3 aromatic heterocycles. The minimum Gasteiger partial charge on any atom is -0.351 e. The molecule has 31 heavy (non-hydrogen) atoms. The monoisotopic (exact) mass is 451 g/mol. The summed E-state index contributed by atoms with van der Waals surface area (Å²) in [5.74, 6) is 0.0869. The molecule has 1 amide bonds. The number of aromatic nitrogens is 4. The van der Waals surface area contributed by atoms with Gasteiger partial charge in [-0.05, 0) is 30.7 Å². The molecule has 9 nitrogen and oxygen atoms in total. The molecule has 0 atom stereocenters. The molecule has 0 saturated heterocycles. The van der Waals surface area contributed by atoms with Crippen molar-refractivity contribution in [2.75, 3.05) is 10.6 Å². The van der Waals surface area contributed by atoms with E-state index in [0.29, 0.717) is 33.1 Å². The summed E-state index contributed by atoms with van der Waals surface area (Å²) in [5, 5.41) is 19.8.